The molecule has 0 spiro atoms. The number of carboxylic acid groups (broad SMARTS) is 1. The van der Waals surface area contributed by atoms with Crippen LogP contribution in [-0.2, 0) is 4.79 Å². The minimum atomic E-state index is -1.03. The van der Waals surface area contributed by atoms with Crippen LogP contribution in [0.3, 0.4) is 0 Å². The van der Waals surface area contributed by atoms with Gasteiger partial charge in [-0.3, -0.25) is 4.79 Å². The minimum absolute atomic E-state index is 0.151. The molecule has 2 aromatic carbocycles. The van der Waals surface area contributed by atoms with Gasteiger partial charge in [-0.1, -0.05) is 11.6 Å². The minimum Gasteiger partial charge on any atom is -0.478 e. The van der Waals surface area contributed by atoms with E-state index in [1.54, 1.807) is 36.4 Å². The molecule has 1 amide bonds. The van der Waals surface area contributed by atoms with Crippen molar-refractivity contribution in [2.24, 2.45) is 10.8 Å². The molecule has 204 valence electrons. The highest BCUT2D eigenvalue weighted by molar-refractivity contribution is 6.30. The number of rotatable bonds is 13. The molecular formula is C23H25ClN10O5. The number of hydrogen-bond donors (Lipinski definition) is 5. The molecule has 1 atom stereocenters. The quantitative estimate of drug-likeness (QED) is 0.0507. The summed E-state index contributed by atoms with van der Waals surface area (Å²) in [6.07, 6.45) is 5.34. The van der Waals surface area contributed by atoms with Crippen LogP contribution in [0.2, 0.25) is 5.02 Å². The summed E-state index contributed by atoms with van der Waals surface area (Å²) in [5.41, 5.74) is 7.49. The number of carbonyl (C=O) groups is 2. The Morgan fingerprint density at radius 1 is 1.26 bits per heavy atom. The number of halogens is 1. The summed E-state index contributed by atoms with van der Waals surface area (Å²) in [5, 5.41) is 41.8. The van der Waals surface area contributed by atoms with Gasteiger partial charge in [0.15, 0.2) is 5.03 Å². The van der Waals surface area contributed by atoms with Crippen molar-refractivity contribution in [3.63, 3.8) is 0 Å². The topological polar surface area (TPSA) is 216 Å². The molecule has 0 saturated heterocycles. The highest BCUT2D eigenvalue weighted by Gasteiger charge is 2.13. The highest BCUT2D eigenvalue weighted by Crippen LogP contribution is 2.20. The molecule has 1 aromatic heterocycles. The van der Waals surface area contributed by atoms with E-state index in [0.29, 0.717) is 41.3 Å². The van der Waals surface area contributed by atoms with Crippen LogP contribution >= 0.6 is 11.6 Å². The Balaban J connectivity index is 1.66. The number of aromatic carboxylic acids is 1. The van der Waals surface area contributed by atoms with Crippen LogP contribution in [0.5, 0.6) is 0 Å². The van der Waals surface area contributed by atoms with E-state index in [2.05, 4.69) is 36.6 Å². The number of amides is 1. The van der Waals surface area contributed by atoms with Crippen molar-refractivity contribution < 1.29 is 19.7 Å². The first-order valence-electron chi connectivity index (χ1n) is 11.5. The van der Waals surface area contributed by atoms with Gasteiger partial charge in [0.05, 0.1) is 11.3 Å². The number of benzene rings is 2. The average Bonchev–Trinajstić information content (AvgIpc) is 3.43. The average molecular weight is 557 g/mol. The van der Waals surface area contributed by atoms with Gasteiger partial charge in [0.2, 0.25) is 5.91 Å². The Hall–Kier alpha value is -5.05. The van der Waals surface area contributed by atoms with E-state index >= 15 is 0 Å². The summed E-state index contributed by atoms with van der Waals surface area (Å²) in [7, 11) is 0. The molecule has 1 heterocycles. The number of guanidine groups is 1. The summed E-state index contributed by atoms with van der Waals surface area (Å²) in [6.45, 7) is 0.605. The molecule has 0 unspecified atom stereocenters. The van der Waals surface area contributed by atoms with Gasteiger partial charge in [-0.2, -0.15) is 4.68 Å². The molecule has 39 heavy (non-hydrogen) atoms. The number of carboxylic acids is 1. The molecular weight excluding hydrogens is 532 g/mol. The number of carbonyl (C=O) groups excluding carboxylic acids is 1. The fourth-order valence-electron chi connectivity index (χ4n) is 3.44. The molecule has 3 aromatic rings. The number of nitro groups is 1. The third kappa shape index (κ3) is 9.40. The predicted octanol–water partition coefficient (Wildman–Crippen LogP) is 1.50. The van der Waals surface area contributed by atoms with E-state index < -0.39 is 11.0 Å². The van der Waals surface area contributed by atoms with Gasteiger partial charge in [0.1, 0.15) is 11.4 Å². The van der Waals surface area contributed by atoms with Crippen LogP contribution in [0.15, 0.2) is 60.0 Å². The molecule has 0 aliphatic rings. The smallest absolute Gasteiger partial charge is 0.335 e. The molecule has 16 heteroatoms. The molecule has 0 aliphatic heterocycles. The maximum Gasteiger partial charge on any atom is 0.335 e. The number of nitrogens with two attached hydrogens (primary N) is 1. The first-order valence-corrected chi connectivity index (χ1v) is 11.9. The number of nitrogens with one attached hydrogen (secondary N) is 3. The number of hydrogen-bond acceptors (Lipinski definition) is 8. The second kappa shape index (κ2) is 14.0. The standard InChI is InChI=1S/C23H25ClN10O5/c24-17-6-9-20(33-14-28-31-32-33)16(12-17)5-10-21(35)29-19(2-1-11-26-23(25)30-34(38)39)13-27-18-7-3-15(4-8-18)22(36)37/h3-10,12,14,19,27H,1-2,11,13H2,(H,29,35)(H,36,37)(H3,25,26,30)/b10-5+/t19-/m1/s1. The summed E-state index contributed by atoms with van der Waals surface area (Å²) < 4.78 is 1.44. The van der Waals surface area contributed by atoms with Crippen LogP contribution < -0.4 is 21.7 Å². The van der Waals surface area contributed by atoms with E-state index in [4.69, 9.17) is 22.4 Å². The van der Waals surface area contributed by atoms with E-state index in [0.717, 1.165) is 0 Å². The molecule has 0 fully saturated rings. The number of anilines is 1. The lowest BCUT2D eigenvalue weighted by molar-refractivity contribution is -0.485. The van der Waals surface area contributed by atoms with Crippen molar-refractivity contribution in [2.75, 3.05) is 18.4 Å². The largest absolute Gasteiger partial charge is 0.478 e. The Bertz CT molecular complexity index is 1350. The zero-order chi connectivity index (χ0) is 28.2. The summed E-state index contributed by atoms with van der Waals surface area (Å²) in [4.78, 5) is 34.3. The number of aromatic nitrogens is 4. The van der Waals surface area contributed by atoms with Crippen molar-refractivity contribution in [1.29, 1.82) is 0 Å². The highest BCUT2D eigenvalue weighted by atomic mass is 35.5. The third-order valence-corrected chi connectivity index (χ3v) is 5.49. The summed E-state index contributed by atoms with van der Waals surface area (Å²) >= 11 is 6.13. The normalized spacial score (nSPS) is 12.2. The second-order valence-electron chi connectivity index (χ2n) is 8.05. The lowest BCUT2D eigenvalue weighted by Gasteiger charge is -2.19. The first-order chi connectivity index (χ1) is 18.7. The SMILES string of the molecule is NC(=N[N+](=O)[O-])NCCC[C@H](CNc1ccc(C(=O)O)cc1)NC(=O)/C=C/c1cc(Cl)ccc1-n1cnnn1. The zero-order valence-corrected chi connectivity index (χ0v) is 21.2. The Morgan fingerprint density at radius 3 is 2.69 bits per heavy atom. The van der Waals surface area contributed by atoms with Gasteiger partial charge in [0, 0.05) is 41.5 Å². The predicted molar refractivity (Wildman–Crippen MR) is 143 cm³/mol. The van der Waals surface area contributed by atoms with Crippen LogP contribution in [0.25, 0.3) is 11.8 Å². The van der Waals surface area contributed by atoms with Gasteiger partial charge < -0.3 is 26.8 Å². The second-order valence-corrected chi connectivity index (χ2v) is 8.49. The van der Waals surface area contributed by atoms with Gasteiger partial charge in [-0.25, -0.2) is 14.9 Å². The molecule has 3 rings (SSSR count). The molecule has 0 bridgehead atoms. The third-order valence-electron chi connectivity index (χ3n) is 5.26. The fraction of sp³-hybridized carbons (Fsp3) is 0.217. The fourth-order valence-corrected chi connectivity index (χ4v) is 3.62. The maximum atomic E-state index is 12.8. The van der Waals surface area contributed by atoms with Crippen LogP contribution in [-0.4, -0.2) is 67.3 Å². The molecule has 0 saturated carbocycles. The van der Waals surface area contributed by atoms with Crippen molar-refractivity contribution >= 4 is 41.2 Å². The van der Waals surface area contributed by atoms with Crippen molar-refractivity contribution in [2.45, 2.75) is 18.9 Å². The van der Waals surface area contributed by atoms with Gasteiger partial charge in [-0.05, 0) is 71.8 Å². The molecule has 0 aliphatic carbocycles. The van der Waals surface area contributed by atoms with Crippen molar-refractivity contribution in [1.82, 2.24) is 30.8 Å². The molecule has 0 radical (unpaired) electrons. The molecule has 15 nitrogen and oxygen atoms in total. The Kier molecular flexibility index (Phi) is 10.3. The Morgan fingerprint density at radius 2 is 2.03 bits per heavy atom. The van der Waals surface area contributed by atoms with E-state index in [9.17, 15) is 19.7 Å². The van der Waals surface area contributed by atoms with Gasteiger partial charge in [0.25, 0.3) is 5.96 Å². The first kappa shape index (κ1) is 28.5. The monoisotopic (exact) mass is 556 g/mol. The molecule has 6 N–H and O–H groups in total. The number of hydrazone groups is 1. The van der Waals surface area contributed by atoms with Gasteiger partial charge in [-0.15, -0.1) is 5.10 Å². The maximum absolute atomic E-state index is 12.8. The number of tetrazole rings is 1. The van der Waals surface area contributed by atoms with E-state index in [1.165, 1.54) is 29.2 Å². The summed E-state index contributed by atoms with van der Waals surface area (Å²) in [5.74, 6) is -1.73. The van der Waals surface area contributed by atoms with Gasteiger partial charge >= 0.3 is 5.97 Å². The van der Waals surface area contributed by atoms with Crippen LogP contribution in [0.4, 0.5) is 5.69 Å². The lowest BCUT2D eigenvalue weighted by Crippen LogP contribution is -2.40. The van der Waals surface area contributed by atoms with E-state index in [1.807, 2.05) is 0 Å². The van der Waals surface area contributed by atoms with Crippen molar-refractivity contribution in [3.8, 4) is 5.69 Å². The number of nitrogens with zero attached hydrogens (tertiary/aromatic N) is 6. The zero-order valence-electron chi connectivity index (χ0n) is 20.4. The Labute approximate surface area is 226 Å². The van der Waals surface area contributed by atoms with Crippen LogP contribution in [0.1, 0.15) is 28.8 Å². The summed E-state index contributed by atoms with van der Waals surface area (Å²) in [6, 6.07) is 10.9. The lowest BCUT2D eigenvalue weighted by atomic mass is 10.1. The van der Waals surface area contributed by atoms with Crippen LogP contribution in [0, 0.1) is 10.1 Å². The van der Waals surface area contributed by atoms with Crippen molar-refractivity contribution in [3.05, 3.63) is 81.1 Å². The van der Waals surface area contributed by atoms with E-state index in [-0.39, 0.29) is 30.0 Å².